The van der Waals surface area contributed by atoms with Crippen molar-refractivity contribution in [1.29, 1.82) is 0 Å². The summed E-state index contributed by atoms with van der Waals surface area (Å²) in [6, 6.07) is 6.16. The van der Waals surface area contributed by atoms with Gasteiger partial charge in [0, 0.05) is 30.4 Å². The first-order chi connectivity index (χ1) is 10.5. The highest BCUT2D eigenvalue weighted by Crippen LogP contribution is 2.51. The fourth-order valence-electron chi connectivity index (χ4n) is 4.00. The summed E-state index contributed by atoms with van der Waals surface area (Å²) in [6.45, 7) is 5.85. The first kappa shape index (κ1) is 15.2. The van der Waals surface area contributed by atoms with Gasteiger partial charge in [0.25, 0.3) is 0 Å². The molecule has 0 bridgehead atoms. The maximum absolute atomic E-state index is 11.7. The number of nitrogens with zero attached hydrogens (tertiary/aromatic N) is 2. The summed E-state index contributed by atoms with van der Waals surface area (Å²) in [6.07, 6.45) is 1.98. The van der Waals surface area contributed by atoms with E-state index in [0.717, 1.165) is 25.1 Å². The summed E-state index contributed by atoms with van der Waals surface area (Å²) in [7, 11) is 4.33. The summed E-state index contributed by atoms with van der Waals surface area (Å²) >= 11 is 0. The molecule has 1 N–H and O–H groups in total. The fraction of sp³-hybridized carbons (Fsp3) is 0.588. The molecular weight excluding hydrogens is 278 g/mol. The van der Waals surface area contributed by atoms with Gasteiger partial charge >= 0.3 is 6.09 Å². The molecule has 2 heterocycles. The molecule has 1 fully saturated rings. The van der Waals surface area contributed by atoms with Gasteiger partial charge in [-0.1, -0.05) is 13.8 Å². The third-order valence-corrected chi connectivity index (χ3v) is 5.01. The third kappa shape index (κ3) is 2.24. The highest BCUT2D eigenvalue weighted by molar-refractivity contribution is 5.85. The second kappa shape index (κ2) is 5.47. The summed E-state index contributed by atoms with van der Waals surface area (Å²) in [5, 5.41) is 2.84. The number of likely N-dealkylation sites (N-methyl/N-ethyl adjacent to an activating group) is 2. The van der Waals surface area contributed by atoms with Gasteiger partial charge in [0.2, 0.25) is 0 Å². The van der Waals surface area contributed by atoms with Crippen molar-refractivity contribution in [2.75, 3.05) is 37.5 Å². The number of likely N-dealkylation sites (tertiary alicyclic amines) is 1. The SMILES string of the molecule is CCCOC(=O)Nc1ccc2c(c1)[C@]1(C)CCN(C)[C@@H]1N2C. The van der Waals surface area contributed by atoms with E-state index in [1.807, 2.05) is 13.0 Å². The Labute approximate surface area is 132 Å². The number of benzene rings is 1. The van der Waals surface area contributed by atoms with Crippen molar-refractivity contribution >= 4 is 17.5 Å². The zero-order valence-corrected chi connectivity index (χ0v) is 13.8. The summed E-state index contributed by atoms with van der Waals surface area (Å²) in [5.41, 5.74) is 3.50. The number of amides is 1. The van der Waals surface area contributed by atoms with Gasteiger partial charge in [-0.05, 0) is 43.7 Å². The quantitative estimate of drug-likeness (QED) is 0.932. The molecule has 0 aliphatic carbocycles. The molecule has 5 heteroatoms. The first-order valence-corrected chi connectivity index (χ1v) is 7.98. The van der Waals surface area contributed by atoms with E-state index >= 15 is 0 Å². The Bertz CT molecular complexity index is 589. The molecule has 5 nitrogen and oxygen atoms in total. The number of carbonyl (C=O) groups excluding carboxylic acids is 1. The summed E-state index contributed by atoms with van der Waals surface area (Å²) in [5.74, 6) is 0. The number of nitrogens with one attached hydrogen (secondary N) is 1. The van der Waals surface area contributed by atoms with Crippen molar-refractivity contribution in [1.82, 2.24) is 4.90 Å². The predicted molar refractivity (Wildman–Crippen MR) is 88.5 cm³/mol. The molecule has 22 heavy (non-hydrogen) atoms. The molecule has 2 atom stereocenters. The summed E-state index contributed by atoms with van der Waals surface area (Å²) < 4.78 is 5.10. The number of hydrogen-bond acceptors (Lipinski definition) is 4. The molecule has 1 aromatic rings. The second-order valence-electron chi connectivity index (χ2n) is 6.63. The van der Waals surface area contributed by atoms with Crippen molar-refractivity contribution < 1.29 is 9.53 Å². The topological polar surface area (TPSA) is 44.8 Å². The number of carbonyl (C=O) groups is 1. The number of rotatable bonds is 3. The van der Waals surface area contributed by atoms with Crippen LogP contribution in [0.1, 0.15) is 32.3 Å². The van der Waals surface area contributed by atoms with Crippen molar-refractivity contribution in [2.24, 2.45) is 0 Å². The van der Waals surface area contributed by atoms with Crippen LogP contribution in [0.2, 0.25) is 0 Å². The molecule has 1 aromatic carbocycles. The third-order valence-electron chi connectivity index (χ3n) is 5.01. The van der Waals surface area contributed by atoms with Gasteiger partial charge < -0.3 is 9.64 Å². The molecule has 0 radical (unpaired) electrons. The lowest BCUT2D eigenvalue weighted by atomic mass is 9.81. The smallest absolute Gasteiger partial charge is 0.411 e. The molecule has 1 amide bonds. The Morgan fingerprint density at radius 2 is 2.23 bits per heavy atom. The maximum Gasteiger partial charge on any atom is 0.411 e. The van der Waals surface area contributed by atoms with Gasteiger partial charge in [-0.25, -0.2) is 4.79 Å². The zero-order valence-electron chi connectivity index (χ0n) is 13.8. The minimum Gasteiger partial charge on any atom is -0.449 e. The number of fused-ring (bicyclic) bond motifs is 3. The van der Waals surface area contributed by atoms with E-state index < -0.39 is 0 Å². The van der Waals surface area contributed by atoms with Crippen LogP contribution in [0.5, 0.6) is 0 Å². The molecule has 0 spiro atoms. The minimum absolute atomic E-state index is 0.115. The molecule has 2 aliphatic heterocycles. The molecule has 0 aromatic heterocycles. The van der Waals surface area contributed by atoms with E-state index in [0.29, 0.717) is 12.8 Å². The van der Waals surface area contributed by atoms with Gasteiger partial charge in [0.15, 0.2) is 0 Å². The van der Waals surface area contributed by atoms with Gasteiger partial charge in [-0.3, -0.25) is 10.2 Å². The van der Waals surface area contributed by atoms with Crippen LogP contribution in [-0.4, -0.2) is 44.4 Å². The number of anilines is 2. The Morgan fingerprint density at radius 1 is 1.45 bits per heavy atom. The Balaban J connectivity index is 1.86. The average molecular weight is 303 g/mol. The average Bonchev–Trinajstić information content (AvgIpc) is 2.91. The number of hydrogen-bond donors (Lipinski definition) is 1. The van der Waals surface area contributed by atoms with E-state index in [1.54, 1.807) is 0 Å². The largest absolute Gasteiger partial charge is 0.449 e. The monoisotopic (exact) mass is 303 g/mol. The lowest BCUT2D eigenvalue weighted by Crippen LogP contribution is -2.45. The van der Waals surface area contributed by atoms with Crippen molar-refractivity contribution in [3.8, 4) is 0 Å². The molecule has 0 saturated carbocycles. The highest BCUT2D eigenvalue weighted by Gasteiger charge is 2.52. The van der Waals surface area contributed by atoms with Gasteiger partial charge in [-0.2, -0.15) is 0 Å². The van der Waals surface area contributed by atoms with Gasteiger partial charge in [0.1, 0.15) is 0 Å². The molecule has 3 rings (SSSR count). The second-order valence-corrected chi connectivity index (χ2v) is 6.63. The van der Waals surface area contributed by atoms with Crippen LogP contribution in [0.15, 0.2) is 18.2 Å². The van der Waals surface area contributed by atoms with E-state index in [4.69, 9.17) is 4.74 Å². The molecule has 0 unspecified atom stereocenters. The Hall–Kier alpha value is -1.75. The summed E-state index contributed by atoms with van der Waals surface area (Å²) in [4.78, 5) is 16.5. The van der Waals surface area contributed by atoms with Crippen molar-refractivity contribution in [3.63, 3.8) is 0 Å². The van der Waals surface area contributed by atoms with Crippen LogP contribution in [-0.2, 0) is 10.2 Å². The standard InChI is InChI=1S/C17H25N3O2/c1-5-10-22-16(21)18-12-6-7-14-13(11-12)17(2)8-9-19(3)15(17)20(14)4/h6-7,11,15H,5,8-10H2,1-4H3,(H,18,21)/t15-,17+/m1/s1. The fourth-order valence-corrected chi connectivity index (χ4v) is 4.00. The van der Waals surface area contributed by atoms with Crippen molar-refractivity contribution in [3.05, 3.63) is 23.8 Å². The van der Waals surface area contributed by atoms with E-state index in [2.05, 4.69) is 48.3 Å². The Kier molecular flexibility index (Phi) is 3.77. The van der Waals surface area contributed by atoms with Gasteiger partial charge in [-0.15, -0.1) is 0 Å². The molecule has 120 valence electrons. The van der Waals surface area contributed by atoms with Crippen LogP contribution in [0.4, 0.5) is 16.2 Å². The first-order valence-electron chi connectivity index (χ1n) is 7.98. The molecule has 1 saturated heterocycles. The van der Waals surface area contributed by atoms with Gasteiger partial charge in [0.05, 0.1) is 12.8 Å². The van der Waals surface area contributed by atoms with Crippen LogP contribution in [0.25, 0.3) is 0 Å². The maximum atomic E-state index is 11.7. The van der Waals surface area contributed by atoms with Crippen molar-refractivity contribution in [2.45, 2.75) is 38.3 Å². The zero-order chi connectivity index (χ0) is 15.9. The van der Waals surface area contributed by atoms with Crippen LogP contribution < -0.4 is 10.2 Å². The van der Waals surface area contributed by atoms with Crippen LogP contribution in [0, 0.1) is 0 Å². The van der Waals surface area contributed by atoms with E-state index in [9.17, 15) is 4.79 Å². The lowest BCUT2D eigenvalue weighted by molar-refractivity contribution is 0.161. The van der Waals surface area contributed by atoms with E-state index in [-0.39, 0.29) is 11.5 Å². The number of ether oxygens (including phenoxy) is 1. The van der Waals surface area contributed by atoms with Crippen LogP contribution >= 0.6 is 0 Å². The molecular formula is C17H25N3O2. The molecule has 2 aliphatic rings. The van der Waals surface area contributed by atoms with E-state index in [1.165, 1.54) is 11.3 Å². The van der Waals surface area contributed by atoms with Crippen LogP contribution in [0.3, 0.4) is 0 Å². The normalized spacial score (nSPS) is 26.7. The minimum atomic E-state index is -0.376. The lowest BCUT2D eigenvalue weighted by Gasteiger charge is -2.32. The highest BCUT2D eigenvalue weighted by atomic mass is 16.5. The predicted octanol–water partition coefficient (Wildman–Crippen LogP) is 3.01. The Morgan fingerprint density at radius 3 is 2.95 bits per heavy atom.